The molecule has 0 bridgehead atoms. The van der Waals surface area contributed by atoms with Crippen LogP contribution in [0.5, 0.6) is 11.5 Å². The smallest absolute Gasteiger partial charge is 0.165 e. The number of nitrogens with one attached hydrogen (secondary N) is 1. The number of morpholine rings is 2. The first kappa shape index (κ1) is 57.1. The van der Waals surface area contributed by atoms with Gasteiger partial charge in [-0.15, -0.1) is 0 Å². The van der Waals surface area contributed by atoms with Gasteiger partial charge in [0.25, 0.3) is 0 Å². The molecule has 0 saturated carbocycles. The van der Waals surface area contributed by atoms with Crippen LogP contribution < -0.4 is 30.3 Å². The normalized spacial score (nSPS) is 13.2. The summed E-state index contributed by atoms with van der Waals surface area (Å²) in [6.45, 7) is 8.93. The van der Waals surface area contributed by atoms with Crippen molar-refractivity contribution in [2.45, 2.75) is 13.8 Å². The van der Waals surface area contributed by atoms with Crippen molar-refractivity contribution < 1.29 is 45.3 Å². The summed E-state index contributed by atoms with van der Waals surface area (Å²) in [7, 11) is 2.84. The van der Waals surface area contributed by atoms with Crippen LogP contribution in [-0.4, -0.2) is 96.7 Å². The maximum atomic E-state index is 15.4. The van der Waals surface area contributed by atoms with Crippen LogP contribution in [0.3, 0.4) is 0 Å². The SMILES string of the molecule is COc1ccc(-c2cnc(N3CCOCC3)cc2N)cc1F.COc1ccc(-c2cnc(N3CCOCC3)cc2Nc2c(C)c(-c3ccccn3)nc3cc(F)cc(F)c23)cc1F.Cc1c(-c2ccccn2)nc2cc(F)cc(F)c2c1Cl. The number of halogens is 7. The predicted octanol–water partition coefficient (Wildman–Crippen LogP) is 13.5. The van der Waals surface area contributed by atoms with Crippen molar-refractivity contribution in [1.82, 2.24) is 29.9 Å². The predicted molar refractivity (Wildman–Crippen MR) is 310 cm³/mol. The number of methoxy groups -OCH3 is 2. The number of hydrogen-bond acceptors (Lipinski definition) is 14. The molecule has 10 aromatic rings. The van der Waals surface area contributed by atoms with E-state index in [9.17, 15) is 22.0 Å². The number of pyridine rings is 6. The van der Waals surface area contributed by atoms with E-state index in [0.29, 0.717) is 119 Å². The summed E-state index contributed by atoms with van der Waals surface area (Å²) in [4.78, 5) is 30.8. The largest absolute Gasteiger partial charge is 0.494 e. The van der Waals surface area contributed by atoms with Gasteiger partial charge >= 0.3 is 0 Å². The Morgan fingerprint density at radius 2 is 1.02 bits per heavy atom. The molecule has 2 saturated heterocycles. The maximum Gasteiger partial charge on any atom is 0.165 e. The first-order valence-corrected chi connectivity index (χ1v) is 26.5. The van der Waals surface area contributed by atoms with E-state index < -0.39 is 34.9 Å². The average Bonchev–Trinajstić information content (AvgIpc) is 3.58. The third-order valence-corrected chi connectivity index (χ3v) is 14.4. The number of nitrogens with zero attached hydrogens (tertiary/aromatic N) is 8. The molecule has 21 heteroatoms. The van der Waals surface area contributed by atoms with Crippen molar-refractivity contribution in [2.24, 2.45) is 0 Å². The van der Waals surface area contributed by atoms with E-state index in [2.05, 4.69) is 45.0 Å². The minimum Gasteiger partial charge on any atom is -0.494 e. The molecule has 6 aromatic heterocycles. The molecule has 0 unspecified atom stereocenters. The standard InChI is InChI=1S/C31H26F3N5O2.C16H18FN3O2.C15H9ClF2N2/c1-18-30(24-5-3-4-8-35-24)38-26-15-20(32)14-23(34)29(26)31(18)37-25-16-28(39-9-11-41-12-10-39)36-17-21(25)19-6-7-27(40-2)22(33)13-19;1-21-15-3-2-11(8-13(15)17)12-10-19-16(9-14(12)18)20-4-6-22-7-5-20;1-8-14(16)13-10(18)6-9(17)7-12(13)20-15(8)11-4-2-3-5-19-11/h3-8,13-17H,9-12H2,1-2H3,(H,36,37,38);2-3,8-10H,4-7H2,1H3,(H2,18,19);2-7H,1H3. The van der Waals surface area contributed by atoms with Gasteiger partial charge in [-0.05, 0) is 79.1 Å². The van der Waals surface area contributed by atoms with Gasteiger partial charge in [0, 0.05) is 110 Å². The van der Waals surface area contributed by atoms with E-state index in [-0.39, 0.29) is 38.3 Å². The Balaban J connectivity index is 0.000000154. The molecule has 0 atom stereocenters. The Morgan fingerprint density at radius 3 is 1.52 bits per heavy atom. The average molecular weight is 1150 g/mol. The number of fused-ring (bicyclic) bond motifs is 2. The summed E-state index contributed by atoms with van der Waals surface area (Å²) in [5, 5.41) is 3.88. The fourth-order valence-corrected chi connectivity index (χ4v) is 9.92. The number of benzene rings is 4. The molecular weight excluding hydrogens is 1100 g/mol. The van der Waals surface area contributed by atoms with E-state index in [1.165, 1.54) is 32.4 Å². The van der Waals surface area contributed by atoms with Crippen LogP contribution in [0.1, 0.15) is 11.1 Å². The molecule has 3 N–H and O–H groups in total. The molecule has 2 aliphatic heterocycles. The van der Waals surface area contributed by atoms with Crippen molar-refractivity contribution in [3.63, 3.8) is 0 Å². The highest BCUT2D eigenvalue weighted by molar-refractivity contribution is 6.36. The van der Waals surface area contributed by atoms with Crippen LogP contribution >= 0.6 is 11.6 Å². The fraction of sp³-hybridized carbons (Fsp3) is 0.194. The zero-order valence-corrected chi connectivity index (χ0v) is 46.0. The number of nitrogens with two attached hydrogens (primary N) is 1. The summed E-state index contributed by atoms with van der Waals surface area (Å²) in [5.41, 5.74) is 13.9. The summed E-state index contributed by atoms with van der Waals surface area (Å²) >= 11 is 6.21. The quantitative estimate of drug-likeness (QED) is 0.125. The lowest BCUT2D eigenvalue weighted by molar-refractivity contribution is 0.122. The minimum atomic E-state index is -0.759. The number of ether oxygens (including phenoxy) is 4. The van der Waals surface area contributed by atoms with Gasteiger partial charge in [-0.25, -0.2) is 46.3 Å². The third-order valence-electron chi connectivity index (χ3n) is 13.9. The van der Waals surface area contributed by atoms with E-state index in [1.807, 2.05) is 24.3 Å². The zero-order chi connectivity index (χ0) is 58.3. The van der Waals surface area contributed by atoms with Crippen LogP contribution in [0.4, 0.5) is 55.0 Å². The summed E-state index contributed by atoms with van der Waals surface area (Å²) in [6, 6.07) is 27.8. The van der Waals surface area contributed by atoms with Crippen molar-refractivity contribution in [2.75, 3.05) is 87.7 Å². The topological polar surface area (TPSA) is 159 Å². The third kappa shape index (κ3) is 12.5. The van der Waals surface area contributed by atoms with Crippen molar-refractivity contribution in [3.05, 3.63) is 185 Å². The Labute approximate surface area is 478 Å². The molecule has 2 fully saturated rings. The van der Waals surface area contributed by atoms with Gasteiger partial charge in [-0.1, -0.05) is 35.9 Å². The maximum absolute atomic E-state index is 15.4. The van der Waals surface area contributed by atoms with Gasteiger partial charge in [0.2, 0.25) is 0 Å². The lowest BCUT2D eigenvalue weighted by atomic mass is 10.0. The molecule has 0 spiro atoms. The second kappa shape index (κ2) is 25.4. The van der Waals surface area contributed by atoms with Crippen LogP contribution in [0.15, 0.2) is 134 Å². The zero-order valence-electron chi connectivity index (χ0n) is 45.3. The number of aromatic nitrogens is 6. The van der Waals surface area contributed by atoms with Gasteiger partial charge in [-0.2, -0.15) is 0 Å². The number of hydrogen-bond donors (Lipinski definition) is 2. The first-order valence-electron chi connectivity index (χ1n) is 26.1. The Hall–Kier alpha value is -9.11. The highest BCUT2D eigenvalue weighted by atomic mass is 35.5. The molecule has 2 aliphatic rings. The fourth-order valence-electron chi connectivity index (χ4n) is 9.64. The van der Waals surface area contributed by atoms with Gasteiger partial charge in [-0.3, -0.25) is 9.97 Å². The number of rotatable bonds is 10. The molecule has 0 aliphatic carbocycles. The summed E-state index contributed by atoms with van der Waals surface area (Å²) in [5.74, 6) is -2.03. The van der Waals surface area contributed by atoms with Crippen LogP contribution in [-0.2, 0) is 9.47 Å². The highest BCUT2D eigenvalue weighted by Gasteiger charge is 2.23. The molecule has 0 amide bonds. The lowest BCUT2D eigenvalue weighted by Crippen LogP contribution is -2.36. The van der Waals surface area contributed by atoms with Gasteiger partial charge < -0.3 is 39.8 Å². The lowest BCUT2D eigenvalue weighted by Gasteiger charge is -2.28. The molecule has 12 rings (SSSR count). The number of anilines is 5. The van der Waals surface area contributed by atoms with Crippen molar-refractivity contribution >= 4 is 62.1 Å². The second-order valence-corrected chi connectivity index (χ2v) is 19.5. The Kier molecular flexibility index (Phi) is 17.5. The van der Waals surface area contributed by atoms with Crippen molar-refractivity contribution in [3.8, 4) is 56.5 Å². The molecular formula is C62H53ClF6N10O4. The Bertz CT molecular complexity index is 3990. The Morgan fingerprint density at radius 1 is 0.542 bits per heavy atom. The summed E-state index contributed by atoms with van der Waals surface area (Å²) < 4.78 is 106. The molecule has 14 nitrogen and oxygen atoms in total. The summed E-state index contributed by atoms with van der Waals surface area (Å²) in [6.07, 6.45) is 6.60. The van der Waals surface area contributed by atoms with E-state index in [0.717, 1.165) is 37.1 Å². The molecule has 83 heavy (non-hydrogen) atoms. The van der Waals surface area contributed by atoms with Crippen LogP contribution in [0.2, 0.25) is 5.02 Å². The minimum absolute atomic E-state index is 0.112. The molecule has 424 valence electrons. The van der Waals surface area contributed by atoms with Gasteiger partial charge in [0.15, 0.2) is 23.1 Å². The van der Waals surface area contributed by atoms with Crippen LogP contribution in [0, 0.1) is 48.8 Å². The molecule has 4 aromatic carbocycles. The van der Waals surface area contributed by atoms with E-state index in [4.69, 9.17) is 36.3 Å². The van der Waals surface area contributed by atoms with E-state index in [1.54, 1.807) is 87.2 Å². The van der Waals surface area contributed by atoms with Gasteiger partial charge in [0.1, 0.15) is 34.9 Å². The van der Waals surface area contributed by atoms with E-state index >= 15 is 4.39 Å². The first-order chi connectivity index (χ1) is 40.2. The highest BCUT2D eigenvalue weighted by Crippen LogP contribution is 2.41. The van der Waals surface area contributed by atoms with Gasteiger partial charge in [0.05, 0.1) is 102 Å². The van der Waals surface area contributed by atoms with Crippen LogP contribution in [0.25, 0.3) is 66.8 Å². The number of nitrogen functional groups attached to an aromatic ring is 1. The van der Waals surface area contributed by atoms with Crippen molar-refractivity contribution in [1.29, 1.82) is 0 Å². The monoisotopic (exact) mass is 1150 g/mol. The molecule has 8 heterocycles. The molecule has 0 radical (unpaired) electrons. The second-order valence-electron chi connectivity index (χ2n) is 19.1.